The van der Waals surface area contributed by atoms with E-state index in [4.69, 9.17) is 11.6 Å². The third kappa shape index (κ3) is 3.54. The molecule has 1 atom stereocenters. The van der Waals surface area contributed by atoms with Gasteiger partial charge in [0.05, 0.1) is 29.7 Å². The van der Waals surface area contributed by atoms with Crippen LogP contribution in [0.1, 0.15) is 28.6 Å². The Labute approximate surface area is 175 Å². The van der Waals surface area contributed by atoms with E-state index in [2.05, 4.69) is 5.10 Å². The van der Waals surface area contributed by atoms with Crippen LogP contribution in [0, 0.1) is 13.8 Å². The van der Waals surface area contributed by atoms with Crippen LogP contribution in [0.3, 0.4) is 0 Å². The summed E-state index contributed by atoms with van der Waals surface area (Å²) in [5.41, 5.74) is 3.38. The number of halogens is 1. The second kappa shape index (κ2) is 7.48. The van der Waals surface area contributed by atoms with Crippen LogP contribution in [-0.2, 0) is 23.0 Å². The lowest BCUT2D eigenvalue weighted by Gasteiger charge is -2.20. The average Bonchev–Trinajstić information content (AvgIpc) is 3.24. The molecule has 2 heterocycles. The highest BCUT2D eigenvalue weighted by atomic mass is 35.5. The summed E-state index contributed by atoms with van der Waals surface area (Å²) in [7, 11) is -3.75. The number of aryl methyl sites for hydroxylation is 1. The topological polar surface area (TPSA) is 75.4 Å². The molecule has 29 heavy (non-hydrogen) atoms. The number of rotatable bonds is 5. The number of benzene rings is 2. The molecule has 0 amide bonds. The van der Waals surface area contributed by atoms with Gasteiger partial charge in [0.2, 0.25) is 0 Å². The fourth-order valence-electron chi connectivity index (χ4n) is 3.85. The lowest BCUT2D eigenvalue weighted by atomic mass is 10.1. The Morgan fingerprint density at radius 2 is 1.83 bits per heavy atom. The lowest BCUT2D eigenvalue weighted by molar-refractivity contribution is 0.150. The van der Waals surface area contributed by atoms with E-state index in [9.17, 15) is 13.5 Å². The fraction of sp³-hybridized carbons (Fsp3) is 0.286. The van der Waals surface area contributed by atoms with Crippen LogP contribution in [0.2, 0.25) is 5.02 Å². The minimum atomic E-state index is -3.75. The van der Waals surface area contributed by atoms with Crippen molar-refractivity contribution in [1.29, 1.82) is 0 Å². The number of anilines is 1. The first-order valence-electron chi connectivity index (χ1n) is 9.37. The minimum Gasteiger partial charge on any atom is -0.386 e. The quantitative estimate of drug-likeness (QED) is 0.669. The van der Waals surface area contributed by atoms with Crippen molar-refractivity contribution in [3.05, 3.63) is 76.1 Å². The van der Waals surface area contributed by atoms with Crippen LogP contribution in [-0.4, -0.2) is 29.8 Å². The largest absolute Gasteiger partial charge is 0.386 e. The summed E-state index contributed by atoms with van der Waals surface area (Å²) in [4.78, 5) is 0.206. The first kappa shape index (κ1) is 19.9. The molecule has 152 valence electrons. The molecule has 1 unspecified atom stereocenters. The Hall–Kier alpha value is -2.35. The molecule has 4 rings (SSSR count). The molecular formula is C21H22ClN3O3S. The predicted molar refractivity (Wildman–Crippen MR) is 113 cm³/mol. The van der Waals surface area contributed by atoms with Gasteiger partial charge >= 0.3 is 0 Å². The molecule has 1 aliphatic heterocycles. The molecule has 8 heteroatoms. The molecule has 0 spiro atoms. The molecule has 2 aromatic carbocycles. The lowest BCUT2D eigenvalue weighted by Crippen LogP contribution is -2.30. The number of aromatic nitrogens is 2. The van der Waals surface area contributed by atoms with E-state index in [0.717, 1.165) is 11.3 Å². The third-order valence-corrected chi connectivity index (χ3v) is 7.63. The Morgan fingerprint density at radius 3 is 2.55 bits per heavy atom. The van der Waals surface area contributed by atoms with Gasteiger partial charge in [-0.2, -0.15) is 5.10 Å². The number of para-hydroxylation sites is 1. The molecular weight excluding hydrogens is 410 g/mol. The summed E-state index contributed by atoms with van der Waals surface area (Å²) in [5, 5.41) is 15.6. The van der Waals surface area contributed by atoms with Crippen LogP contribution in [0.25, 0.3) is 0 Å². The molecule has 0 bridgehead atoms. The summed E-state index contributed by atoms with van der Waals surface area (Å²) >= 11 is 5.90. The molecule has 0 aliphatic carbocycles. The predicted octanol–water partition coefficient (Wildman–Crippen LogP) is 3.64. The summed E-state index contributed by atoms with van der Waals surface area (Å²) < 4.78 is 29.9. The summed E-state index contributed by atoms with van der Waals surface area (Å²) in [6.07, 6.45) is -0.134. The average molecular weight is 432 g/mol. The van der Waals surface area contributed by atoms with E-state index in [-0.39, 0.29) is 11.4 Å². The number of hydrogen-bond acceptors (Lipinski definition) is 4. The van der Waals surface area contributed by atoms with Gasteiger partial charge in [-0.05, 0) is 49.6 Å². The second-order valence-corrected chi connectivity index (χ2v) is 9.44. The number of hydrogen-bond donors (Lipinski definition) is 1. The monoisotopic (exact) mass is 431 g/mol. The Kier molecular flexibility index (Phi) is 5.14. The first-order valence-corrected chi connectivity index (χ1v) is 11.2. The highest BCUT2D eigenvalue weighted by Gasteiger charge is 2.35. The summed E-state index contributed by atoms with van der Waals surface area (Å²) in [6, 6.07) is 14.5. The molecule has 1 aliphatic rings. The highest BCUT2D eigenvalue weighted by molar-refractivity contribution is 7.93. The number of aliphatic hydroxyl groups is 1. The normalized spacial score (nSPS) is 14.8. The van der Waals surface area contributed by atoms with Gasteiger partial charge in [0.1, 0.15) is 4.90 Å². The van der Waals surface area contributed by atoms with Gasteiger partial charge in [0.15, 0.2) is 0 Å². The van der Waals surface area contributed by atoms with Crippen molar-refractivity contribution >= 4 is 27.3 Å². The van der Waals surface area contributed by atoms with Crippen LogP contribution >= 0.6 is 11.6 Å². The van der Waals surface area contributed by atoms with Gasteiger partial charge in [-0.15, -0.1) is 0 Å². The van der Waals surface area contributed by atoms with E-state index in [1.807, 2.05) is 24.3 Å². The smallest absolute Gasteiger partial charge is 0.268 e. The van der Waals surface area contributed by atoms with E-state index in [1.165, 1.54) is 4.31 Å². The zero-order chi connectivity index (χ0) is 20.8. The molecule has 0 fully saturated rings. The molecule has 6 nitrogen and oxygen atoms in total. The van der Waals surface area contributed by atoms with Gasteiger partial charge < -0.3 is 5.11 Å². The number of aliphatic hydroxyl groups excluding tert-OH is 1. The Balaban J connectivity index is 1.66. The number of fused-ring (bicyclic) bond motifs is 1. The van der Waals surface area contributed by atoms with Crippen LogP contribution in [0.4, 0.5) is 5.69 Å². The molecule has 0 saturated heterocycles. The zero-order valence-electron chi connectivity index (χ0n) is 16.2. The van der Waals surface area contributed by atoms with Gasteiger partial charge in [0, 0.05) is 11.6 Å². The zero-order valence-corrected chi connectivity index (χ0v) is 17.8. The highest BCUT2D eigenvalue weighted by Crippen LogP contribution is 2.34. The summed E-state index contributed by atoms with van der Waals surface area (Å²) in [6.45, 7) is 3.98. The standard InChI is InChI=1S/C21H22ClN3O3S/c1-14-21(29(27,28)25-12-11-16-5-3-4-6-19(16)25)15(2)24(23-14)13-20(26)17-7-9-18(22)10-8-17/h3-10,20,26H,11-13H2,1-2H3. The number of nitrogens with zero attached hydrogens (tertiary/aromatic N) is 3. The van der Waals surface area contributed by atoms with E-state index >= 15 is 0 Å². The molecule has 0 radical (unpaired) electrons. The second-order valence-electron chi connectivity index (χ2n) is 7.21. The van der Waals surface area contributed by atoms with Crippen LogP contribution in [0.5, 0.6) is 0 Å². The molecule has 1 aromatic heterocycles. The van der Waals surface area contributed by atoms with E-state index in [0.29, 0.717) is 34.9 Å². The summed E-state index contributed by atoms with van der Waals surface area (Å²) in [5.74, 6) is 0. The van der Waals surface area contributed by atoms with Gasteiger partial charge in [-0.3, -0.25) is 8.99 Å². The maximum absolute atomic E-state index is 13.4. The van der Waals surface area contributed by atoms with Gasteiger partial charge in [-0.25, -0.2) is 8.42 Å². The van der Waals surface area contributed by atoms with Crippen LogP contribution in [0.15, 0.2) is 53.4 Å². The van der Waals surface area contributed by atoms with Gasteiger partial charge in [-0.1, -0.05) is 41.9 Å². The minimum absolute atomic E-state index is 0.153. The van der Waals surface area contributed by atoms with Crippen molar-refractivity contribution in [2.45, 2.75) is 37.8 Å². The van der Waals surface area contributed by atoms with Crippen LogP contribution < -0.4 is 4.31 Å². The third-order valence-electron chi connectivity index (χ3n) is 5.31. The maximum Gasteiger partial charge on any atom is 0.268 e. The maximum atomic E-state index is 13.4. The molecule has 0 saturated carbocycles. The van der Waals surface area contributed by atoms with Crippen molar-refractivity contribution < 1.29 is 13.5 Å². The Morgan fingerprint density at radius 1 is 1.14 bits per heavy atom. The van der Waals surface area contributed by atoms with Gasteiger partial charge in [0.25, 0.3) is 10.0 Å². The van der Waals surface area contributed by atoms with Crippen molar-refractivity contribution in [3.63, 3.8) is 0 Å². The SMILES string of the molecule is Cc1nn(CC(O)c2ccc(Cl)cc2)c(C)c1S(=O)(=O)N1CCc2ccccc21. The van der Waals surface area contributed by atoms with E-state index < -0.39 is 16.1 Å². The van der Waals surface area contributed by atoms with E-state index in [1.54, 1.807) is 42.8 Å². The fourth-order valence-corrected chi connectivity index (χ4v) is 5.86. The molecule has 1 N–H and O–H groups in total. The van der Waals surface area contributed by atoms with Crippen molar-refractivity contribution in [3.8, 4) is 0 Å². The van der Waals surface area contributed by atoms with Crippen molar-refractivity contribution in [1.82, 2.24) is 9.78 Å². The Bertz CT molecular complexity index is 1160. The molecule has 3 aromatic rings. The van der Waals surface area contributed by atoms with Crippen molar-refractivity contribution in [2.24, 2.45) is 0 Å². The first-order chi connectivity index (χ1) is 13.8. The van der Waals surface area contributed by atoms with Crippen molar-refractivity contribution in [2.75, 3.05) is 10.8 Å². The number of sulfonamides is 1.